The fourth-order valence-corrected chi connectivity index (χ4v) is 2.50. The molecule has 0 saturated carbocycles. The quantitative estimate of drug-likeness (QED) is 0.480. The van der Waals surface area contributed by atoms with Crippen molar-refractivity contribution < 1.29 is 9.53 Å². The van der Waals surface area contributed by atoms with Crippen molar-refractivity contribution in [2.24, 2.45) is 9.63 Å². The fourth-order valence-electron chi connectivity index (χ4n) is 1.87. The maximum Gasteiger partial charge on any atom is 0.343 e. The Bertz CT molecular complexity index is 781. The van der Waals surface area contributed by atoms with Gasteiger partial charge in [-0.1, -0.05) is 12.1 Å². The van der Waals surface area contributed by atoms with Crippen molar-refractivity contribution in [3.63, 3.8) is 0 Å². The van der Waals surface area contributed by atoms with Crippen LogP contribution in [-0.2, 0) is 6.54 Å². The van der Waals surface area contributed by atoms with Crippen molar-refractivity contribution in [2.45, 2.75) is 11.4 Å². The summed E-state index contributed by atoms with van der Waals surface area (Å²) in [6, 6.07) is 13.8. The molecule has 0 atom stereocenters. The van der Waals surface area contributed by atoms with Crippen molar-refractivity contribution in [1.82, 2.24) is 0 Å². The standard InChI is InChI=1S/C15H9N3O2S/c16-8-10-2-1-3-11(6-10)15(19)20-13-5-4-12-9-17-18-21-14(12)7-13/h1-7H,9H2. The zero-order chi connectivity index (χ0) is 14.7. The molecule has 0 amide bonds. The molecule has 1 aliphatic heterocycles. The van der Waals surface area contributed by atoms with Gasteiger partial charge in [0, 0.05) is 16.8 Å². The van der Waals surface area contributed by atoms with Gasteiger partial charge in [0.05, 0.1) is 23.7 Å². The van der Waals surface area contributed by atoms with Crippen LogP contribution >= 0.6 is 11.9 Å². The molecule has 0 N–H and O–H groups in total. The smallest absolute Gasteiger partial charge is 0.343 e. The van der Waals surface area contributed by atoms with E-state index < -0.39 is 5.97 Å². The first-order valence-corrected chi connectivity index (χ1v) is 6.93. The molecule has 102 valence electrons. The van der Waals surface area contributed by atoms with Crippen LogP contribution in [0.1, 0.15) is 21.5 Å². The lowest BCUT2D eigenvalue weighted by Crippen LogP contribution is -2.09. The van der Waals surface area contributed by atoms with Crippen LogP contribution < -0.4 is 4.74 Å². The van der Waals surface area contributed by atoms with Crippen LogP contribution in [0.2, 0.25) is 0 Å². The number of hydrogen-bond acceptors (Lipinski definition) is 6. The van der Waals surface area contributed by atoms with Crippen molar-refractivity contribution in [3.05, 3.63) is 59.2 Å². The van der Waals surface area contributed by atoms with Gasteiger partial charge in [0.1, 0.15) is 5.75 Å². The number of carbonyl (C=O) groups is 1. The molecule has 2 aromatic carbocycles. The molecule has 0 fully saturated rings. The summed E-state index contributed by atoms with van der Waals surface area (Å²) in [5.41, 5.74) is 1.83. The topological polar surface area (TPSA) is 74.8 Å². The number of esters is 1. The Balaban J connectivity index is 1.80. The summed E-state index contributed by atoms with van der Waals surface area (Å²) in [5, 5.41) is 12.8. The normalized spacial score (nSPS) is 12.3. The van der Waals surface area contributed by atoms with E-state index in [1.165, 1.54) is 18.0 Å². The Hall–Kier alpha value is -2.65. The fraction of sp³-hybridized carbons (Fsp3) is 0.0667. The summed E-state index contributed by atoms with van der Waals surface area (Å²) in [5.74, 6) is -0.0415. The van der Waals surface area contributed by atoms with Gasteiger partial charge in [-0.15, -0.1) is 4.52 Å². The number of carbonyl (C=O) groups excluding carboxylic acids is 1. The van der Waals surface area contributed by atoms with E-state index in [1.54, 1.807) is 30.3 Å². The van der Waals surface area contributed by atoms with Gasteiger partial charge in [0.15, 0.2) is 0 Å². The van der Waals surface area contributed by atoms with E-state index in [2.05, 4.69) is 9.63 Å². The predicted molar refractivity (Wildman–Crippen MR) is 77.0 cm³/mol. The summed E-state index contributed by atoms with van der Waals surface area (Å²) in [6.07, 6.45) is 0. The molecule has 5 nitrogen and oxygen atoms in total. The van der Waals surface area contributed by atoms with E-state index in [0.717, 1.165) is 10.5 Å². The third-order valence-corrected chi connectivity index (χ3v) is 3.69. The molecule has 0 aromatic heterocycles. The molecule has 0 spiro atoms. The van der Waals surface area contributed by atoms with E-state index >= 15 is 0 Å². The van der Waals surface area contributed by atoms with Crippen LogP contribution in [0.25, 0.3) is 0 Å². The third-order valence-electron chi connectivity index (χ3n) is 2.91. The van der Waals surface area contributed by atoms with Crippen molar-refractivity contribution in [3.8, 4) is 11.8 Å². The van der Waals surface area contributed by atoms with Gasteiger partial charge in [-0.05, 0) is 35.9 Å². The lowest BCUT2D eigenvalue weighted by atomic mass is 10.1. The molecule has 0 unspecified atom stereocenters. The largest absolute Gasteiger partial charge is 0.423 e. The van der Waals surface area contributed by atoms with Crippen molar-refractivity contribution in [2.75, 3.05) is 0 Å². The maximum absolute atomic E-state index is 12.1. The Kier molecular flexibility index (Phi) is 3.67. The molecule has 0 radical (unpaired) electrons. The van der Waals surface area contributed by atoms with E-state index in [4.69, 9.17) is 10.00 Å². The first-order valence-electron chi connectivity index (χ1n) is 6.15. The molecule has 1 heterocycles. The second-order valence-electron chi connectivity index (χ2n) is 4.32. The molecule has 0 saturated heterocycles. The molecule has 2 aromatic rings. The first kappa shape index (κ1) is 13.3. The van der Waals surface area contributed by atoms with Gasteiger partial charge >= 0.3 is 5.97 Å². The molecule has 6 heteroatoms. The second kappa shape index (κ2) is 5.77. The number of ether oxygens (including phenoxy) is 1. The summed E-state index contributed by atoms with van der Waals surface area (Å²) < 4.78 is 9.22. The van der Waals surface area contributed by atoms with Gasteiger partial charge in [0.25, 0.3) is 0 Å². The Morgan fingerprint density at radius 2 is 2.19 bits per heavy atom. The minimum atomic E-state index is -0.491. The average Bonchev–Trinajstić information content (AvgIpc) is 2.54. The van der Waals surface area contributed by atoms with Crippen LogP contribution in [0, 0.1) is 11.3 Å². The molecule has 1 aliphatic rings. The second-order valence-corrected chi connectivity index (χ2v) is 5.11. The van der Waals surface area contributed by atoms with E-state index in [-0.39, 0.29) is 0 Å². The van der Waals surface area contributed by atoms with Crippen LogP contribution in [0.15, 0.2) is 57.0 Å². The Morgan fingerprint density at radius 1 is 1.29 bits per heavy atom. The Labute approximate surface area is 125 Å². The van der Waals surface area contributed by atoms with Crippen LogP contribution in [0.3, 0.4) is 0 Å². The van der Waals surface area contributed by atoms with Crippen LogP contribution in [-0.4, -0.2) is 5.97 Å². The monoisotopic (exact) mass is 295 g/mol. The van der Waals surface area contributed by atoms with Gasteiger partial charge in [-0.2, -0.15) is 10.4 Å². The number of nitrogens with zero attached hydrogens (tertiary/aromatic N) is 3. The van der Waals surface area contributed by atoms with E-state index in [0.29, 0.717) is 23.4 Å². The number of nitriles is 1. The molecule has 0 aliphatic carbocycles. The number of rotatable bonds is 2. The SMILES string of the molecule is N#Cc1cccc(C(=O)Oc2ccc3c(c2)SN=NC3)c1. The van der Waals surface area contributed by atoms with Gasteiger partial charge in [0.2, 0.25) is 0 Å². The summed E-state index contributed by atoms with van der Waals surface area (Å²) in [4.78, 5) is 13.0. The highest BCUT2D eigenvalue weighted by molar-refractivity contribution is 7.98. The lowest BCUT2D eigenvalue weighted by molar-refractivity contribution is 0.0734. The Morgan fingerprint density at radius 3 is 3.05 bits per heavy atom. The summed E-state index contributed by atoms with van der Waals surface area (Å²) in [6.45, 7) is 0.542. The van der Waals surface area contributed by atoms with E-state index in [9.17, 15) is 4.79 Å². The van der Waals surface area contributed by atoms with Gasteiger partial charge in [-0.25, -0.2) is 4.79 Å². The highest BCUT2D eigenvalue weighted by Gasteiger charge is 2.13. The highest BCUT2D eigenvalue weighted by atomic mass is 32.2. The van der Waals surface area contributed by atoms with Crippen LogP contribution in [0.5, 0.6) is 5.75 Å². The van der Waals surface area contributed by atoms with Gasteiger partial charge < -0.3 is 4.74 Å². The maximum atomic E-state index is 12.1. The van der Waals surface area contributed by atoms with E-state index in [1.807, 2.05) is 12.1 Å². The minimum Gasteiger partial charge on any atom is -0.423 e. The van der Waals surface area contributed by atoms with Gasteiger partial charge in [-0.3, -0.25) is 0 Å². The predicted octanol–water partition coefficient (Wildman–Crippen LogP) is 3.75. The molecule has 3 rings (SSSR count). The molecular weight excluding hydrogens is 286 g/mol. The molecular formula is C15H9N3O2S. The van der Waals surface area contributed by atoms with Crippen molar-refractivity contribution in [1.29, 1.82) is 5.26 Å². The minimum absolute atomic E-state index is 0.346. The number of benzene rings is 2. The molecule has 0 bridgehead atoms. The number of hydrogen-bond donors (Lipinski definition) is 0. The summed E-state index contributed by atoms with van der Waals surface area (Å²) in [7, 11) is 0. The van der Waals surface area contributed by atoms with Crippen molar-refractivity contribution >= 4 is 17.9 Å². The lowest BCUT2D eigenvalue weighted by Gasteiger charge is -2.10. The zero-order valence-electron chi connectivity index (χ0n) is 10.8. The first-order chi connectivity index (χ1) is 10.3. The number of fused-ring (bicyclic) bond motifs is 1. The zero-order valence-corrected chi connectivity index (χ0v) is 11.6. The highest BCUT2D eigenvalue weighted by Crippen LogP contribution is 2.32. The third kappa shape index (κ3) is 2.93. The molecule has 21 heavy (non-hydrogen) atoms. The van der Waals surface area contributed by atoms with Crippen LogP contribution in [0.4, 0.5) is 0 Å². The summed E-state index contributed by atoms with van der Waals surface area (Å²) >= 11 is 1.26. The average molecular weight is 295 g/mol.